The normalized spacial score (nSPS) is 17.6. The van der Waals surface area contributed by atoms with E-state index in [1.807, 2.05) is 0 Å². The third kappa shape index (κ3) is 5.20. The van der Waals surface area contributed by atoms with Crippen molar-refractivity contribution in [1.82, 2.24) is 24.6 Å². The summed E-state index contributed by atoms with van der Waals surface area (Å²) in [5, 5.41) is 5.39. The summed E-state index contributed by atoms with van der Waals surface area (Å²) >= 11 is 0. The number of nitrogen functional groups attached to an aromatic ring is 1. The third-order valence-electron chi connectivity index (χ3n) is 7.33. The van der Waals surface area contributed by atoms with E-state index >= 15 is 0 Å². The number of carbonyl (C=O) groups is 2. The number of aromatic nitrogens is 4. The number of nitrogens with two attached hydrogens (primary N) is 2. The average molecular weight is 560 g/mol. The number of allylic oxidation sites excluding steroid dienone is 1. The number of para-hydroxylation sites is 1. The van der Waals surface area contributed by atoms with Gasteiger partial charge in [0.1, 0.15) is 29.2 Å². The smallest absolute Gasteiger partial charge is 0.259 e. The number of hydrogen-bond donors (Lipinski definition) is 2. The molecular weight excluding hydrogens is 532 g/mol. The van der Waals surface area contributed by atoms with Crippen LogP contribution in [0.1, 0.15) is 31.7 Å². The van der Waals surface area contributed by atoms with Crippen LogP contribution in [-0.2, 0) is 9.59 Å². The number of piperidine rings is 1. The molecule has 1 aliphatic heterocycles. The fourth-order valence-corrected chi connectivity index (χ4v) is 5.10. The molecule has 2 aromatic heterocycles. The predicted octanol–water partition coefficient (Wildman–Crippen LogP) is 4.13. The van der Waals surface area contributed by atoms with Gasteiger partial charge >= 0.3 is 0 Å². The Kier molecular flexibility index (Phi) is 6.82. The standard InChI is InChI=1S/C29H27F2N7O3/c30-21-4-1-5-22(31)25(21)41-19-10-8-17(9-11-19)24-23-26(32)34-15-35-28(23)38(36-24)18-3-2-12-37(14-18)29(40)20(27(33)39)13-16-6-7-16/h1,4-5,8-11,13,15-16,18H,2-3,6-7,12,14H2,(H2,33,39)(H2,32,34,35)/b20-13+/t18-/m0/s1. The lowest BCUT2D eigenvalue weighted by Gasteiger charge is -2.33. The molecule has 0 radical (unpaired) electrons. The Morgan fingerprint density at radius 1 is 1.02 bits per heavy atom. The minimum atomic E-state index is -0.810. The van der Waals surface area contributed by atoms with E-state index in [1.165, 1.54) is 12.4 Å². The maximum absolute atomic E-state index is 14.0. The molecule has 4 aromatic rings. The van der Waals surface area contributed by atoms with Gasteiger partial charge in [-0.05, 0) is 68.0 Å². The van der Waals surface area contributed by atoms with E-state index < -0.39 is 23.3 Å². The van der Waals surface area contributed by atoms with Gasteiger partial charge in [0.05, 0.1) is 11.4 Å². The zero-order chi connectivity index (χ0) is 28.7. The minimum Gasteiger partial charge on any atom is -0.451 e. The second-order valence-corrected chi connectivity index (χ2v) is 10.3. The van der Waals surface area contributed by atoms with Crippen LogP contribution in [0.3, 0.4) is 0 Å². The summed E-state index contributed by atoms with van der Waals surface area (Å²) in [4.78, 5) is 35.5. The lowest BCUT2D eigenvalue weighted by molar-refractivity contribution is -0.131. The number of hydrogen-bond acceptors (Lipinski definition) is 7. The van der Waals surface area contributed by atoms with Crippen molar-refractivity contribution in [3.05, 3.63) is 72.1 Å². The number of halogens is 2. The van der Waals surface area contributed by atoms with Gasteiger partial charge in [-0.1, -0.05) is 12.1 Å². The van der Waals surface area contributed by atoms with Gasteiger partial charge < -0.3 is 21.1 Å². The maximum Gasteiger partial charge on any atom is 0.259 e. The third-order valence-corrected chi connectivity index (χ3v) is 7.33. The number of carbonyl (C=O) groups excluding carboxylic acids is 2. The molecule has 6 rings (SSSR count). The van der Waals surface area contributed by atoms with Gasteiger partial charge in [-0.2, -0.15) is 5.10 Å². The summed E-state index contributed by atoms with van der Waals surface area (Å²) in [6.07, 6.45) is 6.36. The summed E-state index contributed by atoms with van der Waals surface area (Å²) in [5.74, 6) is -2.51. The van der Waals surface area contributed by atoms with Crippen molar-refractivity contribution < 1.29 is 23.1 Å². The number of benzene rings is 2. The monoisotopic (exact) mass is 559 g/mol. The SMILES string of the molecule is NC(=O)/C(=C\C1CC1)C(=O)N1CCC[C@H](n2nc(-c3ccc(Oc4c(F)cccc4F)cc3)c3c(N)ncnc32)C1. The lowest BCUT2D eigenvalue weighted by Crippen LogP contribution is -2.43. The molecule has 10 nitrogen and oxygen atoms in total. The molecule has 2 aromatic carbocycles. The molecule has 2 fully saturated rings. The van der Waals surface area contributed by atoms with Gasteiger partial charge in [-0.3, -0.25) is 9.59 Å². The second-order valence-electron chi connectivity index (χ2n) is 10.3. The van der Waals surface area contributed by atoms with E-state index in [2.05, 4.69) is 9.97 Å². The van der Waals surface area contributed by atoms with Crippen LogP contribution >= 0.6 is 0 Å². The first-order valence-corrected chi connectivity index (χ1v) is 13.3. The van der Waals surface area contributed by atoms with E-state index in [1.54, 1.807) is 39.9 Å². The summed E-state index contributed by atoms with van der Waals surface area (Å²) in [7, 11) is 0. The number of nitrogens with zero attached hydrogens (tertiary/aromatic N) is 5. The molecular formula is C29H27F2N7O3. The number of ether oxygens (including phenoxy) is 1. The van der Waals surface area contributed by atoms with Gasteiger partial charge in [-0.25, -0.2) is 23.4 Å². The van der Waals surface area contributed by atoms with Gasteiger partial charge in [-0.15, -0.1) is 0 Å². The first-order valence-electron chi connectivity index (χ1n) is 13.3. The zero-order valence-corrected chi connectivity index (χ0v) is 22.0. The maximum atomic E-state index is 14.0. The number of amides is 2. The van der Waals surface area contributed by atoms with Crippen LogP contribution in [0.25, 0.3) is 22.3 Å². The predicted molar refractivity (Wildman–Crippen MR) is 146 cm³/mol. The average Bonchev–Trinajstić information content (AvgIpc) is 3.71. The van der Waals surface area contributed by atoms with Crippen LogP contribution < -0.4 is 16.2 Å². The Morgan fingerprint density at radius 3 is 2.44 bits per heavy atom. The minimum absolute atomic E-state index is 0.0308. The fraction of sp³-hybridized carbons (Fsp3) is 0.276. The molecule has 1 atom stereocenters. The molecule has 1 aliphatic carbocycles. The molecule has 210 valence electrons. The van der Waals surface area contributed by atoms with Crippen LogP contribution in [0.5, 0.6) is 11.5 Å². The topological polar surface area (TPSA) is 142 Å². The molecule has 3 heterocycles. The highest BCUT2D eigenvalue weighted by molar-refractivity contribution is 6.17. The number of fused-ring (bicyclic) bond motifs is 1. The molecule has 41 heavy (non-hydrogen) atoms. The Hall–Kier alpha value is -4.87. The lowest BCUT2D eigenvalue weighted by atomic mass is 10.0. The molecule has 2 aliphatic rings. The van der Waals surface area contributed by atoms with Crippen LogP contribution in [-0.4, -0.2) is 49.6 Å². The van der Waals surface area contributed by atoms with Crippen molar-refractivity contribution >= 4 is 28.7 Å². The van der Waals surface area contributed by atoms with Crippen molar-refractivity contribution in [3.8, 4) is 22.8 Å². The molecule has 0 bridgehead atoms. The van der Waals surface area contributed by atoms with Gasteiger partial charge in [0.2, 0.25) is 0 Å². The summed E-state index contributed by atoms with van der Waals surface area (Å²) in [6, 6.07) is 9.81. The van der Waals surface area contributed by atoms with E-state index in [-0.39, 0.29) is 35.0 Å². The quantitative estimate of drug-likeness (QED) is 0.197. The molecule has 2 amide bonds. The number of likely N-dealkylation sites (tertiary alicyclic amines) is 1. The first-order chi connectivity index (χ1) is 19.8. The second kappa shape index (κ2) is 10.6. The molecule has 12 heteroatoms. The van der Waals surface area contributed by atoms with Crippen LogP contribution in [0.4, 0.5) is 14.6 Å². The summed E-state index contributed by atoms with van der Waals surface area (Å²) < 4.78 is 35.3. The highest BCUT2D eigenvalue weighted by Crippen LogP contribution is 2.36. The van der Waals surface area contributed by atoms with Gasteiger partial charge in [0.15, 0.2) is 23.0 Å². The van der Waals surface area contributed by atoms with Crippen LogP contribution in [0, 0.1) is 17.6 Å². The zero-order valence-electron chi connectivity index (χ0n) is 22.0. The van der Waals surface area contributed by atoms with E-state index in [0.29, 0.717) is 41.8 Å². The van der Waals surface area contributed by atoms with Crippen molar-refractivity contribution in [1.29, 1.82) is 0 Å². The van der Waals surface area contributed by atoms with Crippen molar-refractivity contribution in [2.75, 3.05) is 18.8 Å². The van der Waals surface area contributed by atoms with Crippen molar-refractivity contribution in [2.24, 2.45) is 11.7 Å². The number of anilines is 1. The highest BCUT2D eigenvalue weighted by atomic mass is 19.1. The van der Waals surface area contributed by atoms with E-state index in [4.69, 9.17) is 21.3 Å². The van der Waals surface area contributed by atoms with E-state index in [0.717, 1.165) is 31.4 Å². The summed E-state index contributed by atoms with van der Waals surface area (Å²) in [5.41, 5.74) is 13.5. The Balaban J connectivity index is 1.30. The largest absolute Gasteiger partial charge is 0.451 e. The Bertz CT molecular complexity index is 1660. The molecule has 1 saturated heterocycles. The van der Waals surface area contributed by atoms with Gasteiger partial charge in [0.25, 0.3) is 11.8 Å². The first kappa shape index (κ1) is 26.4. The molecule has 0 spiro atoms. The Labute approximate surface area is 233 Å². The molecule has 4 N–H and O–H groups in total. The number of primary amides is 1. The molecule has 0 unspecified atom stereocenters. The van der Waals surface area contributed by atoms with Gasteiger partial charge in [0, 0.05) is 18.7 Å². The van der Waals surface area contributed by atoms with Crippen molar-refractivity contribution in [3.63, 3.8) is 0 Å². The van der Waals surface area contributed by atoms with E-state index in [9.17, 15) is 18.4 Å². The summed E-state index contributed by atoms with van der Waals surface area (Å²) in [6.45, 7) is 0.813. The fourth-order valence-electron chi connectivity index (χ4n) is 5.10. The van der Waals surface area contributed by atoms with Crippen LogP contribution in [0.15, 0.2) is 60.4 Å². The Morgan fingerprint density at radius 2 is 1.76 bits per heavy atom. The van der Waals surface area contributed by atoms with Crippen molar-refractivity contribution in [2.45, 2.75) is 31.7 Å². The number of rotatable bonds is 7. The highest BCUT2D eigenvalue weighted by Gasteiger charge is 2.32. The van der Waals surface area contributed by atoms with Crippen LogP contribution in [0.2, 0.25) is 0 Å². The molecule has 1 saturated carbocycles.